The predicted octanol–water partition coefficient (Wildman–Crippen LogP) is -0.438. The lowest BCUT2D eigenvalue weighted by atomic mass is 10.2. The molecule has 1 heterocycles. The van der Waals surface area contributed by atoms with Crippen LogP contribution in [0.1, 0.15) is 6.42 Å². The Kier molecular flexibility index (Phi) is 2.89. The summed E-state index contributed by atoms with van der Waals surface area (Å²) >= 11 is 0. The van der Waals surface area contributed by atoms with E-state index in [1.54, 1.807) is 0 Å². The number of amides is 1. The van der Waals surface area contributed by atoms with E-state index in [2.05, 4.69) is 0 Å². The average Bonchev–Trinajstić information content (AvgIpc) is 2.44. The van der Waals surface area contributed by atoms with Crippen LogP contribution in [0.25, 0.3) is 0 Å². The molecule has 0 radical (unpaired) electrons. The summed E-state index contributed by atoms with van der Waals surface area (Å²) in [5.41, 5.74) is 5.31. The highest BCUT2D eigenvalue weighted by Gasteiger charge is 2.49. The minimum absolute atomic E-state index is 0.156. The second kappa shape index (κ2) is 3.69. The number of rotatable bonds is 1. The molecule has 1 saturated heterocycles. The van der Waals surface area contributed by atoms with E-state index in [0.29, 0.717) is 0 Å². The second-order valence-corrected chi connectivity index (χ2v) is 3.31. The second-order valence-electron chi connectivity index (χ2n) is 3.31. The SMILES string of the molecule is N[C@@H]1C[C@@H](C(=O)O)N(C(=O)C(F)(F)F)C1. The topological polar surface area (TPSA) is 83.6 Å². The number of hydrogen-bond donors (Lipinski definition) is 2. The Morgan fingerprint density at radius 1 is 1.40 bits per heavy atom. The lowest BCUT2D eigenvalue weighted by Crippen LogP contribution is -2.47. The number of nitrogens with two attached hydrogens (primary N) is 1. The Labute approximate surface area is 82.6 Å². The highest BCUT2D eigenvalue weighted by Crippen LogP contribution is 2.25. The van der Waals surface area contributed by atoms with Crippen LogP contribution < -0.4 is 5.73 Å². The van der Waals surface area contributed by atoms with Gasteiger partial charge in [0, 0.05) is 12.6 Å². The Hall–Kier alpha value is -1.31. The summed E-state index contributed by atoms with van der Waals surface area (Å²) in [6.07, 6.45) is -5.21. The van der Waals surface area contributed by atoms with Crippen molar-refractivity contribution in [2.24, 2.45) is 5.73 Å². The first-order valence-electron chi connectivity index (χ1n) is 4.09. The molecule has 3 N–H and O–H groups in total. The van der Waals surface area contributed by atoms with Gasteiger partial charge in [-0.15, -0.1) is 0 Å². The Bertz CT molecular complexity index is 292. The van der Waals surface area contributed by atoms with Crippen molar-refractivity contribution in [2.75, 3.05) is 6.54 Å². The molecule has 0 aliphatic carbocycles. The molecule has 5 nitrogen and oxygen atoms in total. The number of carboxylic acid groups (broad SMARTS) is 1. The molecular formula is C7H9F3N2O3. The summed E-state index contributed by atoms with van der Waals surface area (Å²) in [6, 6.07) is -2.20. The maximum Gasteiger partial charge on any atom is 0.471 e. The number of carbonyl (C=O) groups is 2. The van der Waals surface area contributed by atoms with Gasteiger partial charge in [0.05, 0.1) is 0 Å². The third-order valence-corrected chi connectivity index (χ3v) is 2.12. The molecule has 1 fully saturated rings. The van der Waals surface area contributed by atoms with Crippen LogP contribution >= 0.6 is 0 Å². The van der Waals surface area contributed by atoms with Crippen molar-refractivity contribution in [2.45, 2.75) is 24.7 Å². The van der Waals surface area contributed by atoms with Crippen molar-refractivity contribution < 1.29 is 27.9 Å². The maximum atomic E-state index is 12.0. The van der Waals surface area contributed by atoms with E-state index in [1.165, 1.54) is 0 Å². The number of aliphatic carboxylic acids is 1. The van der Waals surface area contributed by atoms with Crippen LogP contribution in [-0.4, -0.2) is 46.7 Å². The molecular weight excluding hydrogens is 217 g/mol. The molecule has 1 aliphatic rings. The largest absolute Gasteiger partial charge is 0.480 e. The molecule has 0 aromatic carbocycles. The number of likely N-dealkylation sites (tertiary alicyclic amines) is 1. The van der Waals surface area contributed by atoms with Crippen LogP contribution in [0.3, 0.4) is 0 Å². The van der Waals surface area contributed by atoms with E-state index in [9.17, 15) is 22.8 Å². The summed E-state index contributed by atoms with van der Waals surface area (Å²) in [6.45, 7) is -0.380. The molecule has 0 aromatic rings. The van der Waals surface area contributed by atoms with Gasteiger partial charge in [0.15, 0.2) is 0 Å². The maximum absolute atomic E-state index is 12.0. The zero-order valence-electron chi connectivity index (χ0n) is 7.49. The van der Waals surface area contributed by atoms with E-state index in [-0.39, 0.29) is 17.9 Å². The molecule has 8 heteroatoms. The van der Waals surface area contributed by atoms with Crippen LogP contribution in [0.15, 0.2) is 0 Å². The lowest BCUT2D eigenvalue weighted by molar-refractivity contribution is -0.188. The van der Waals surface area contributed by atoms with Crippen molar-refractivity contribution in [3.8, 4) is 0 Å². The van der Waals surface area contributed by atoms with Crippen molar-refractivity contribution >= 4 is 11.9 Å². The first-order chi connectivity index (χ1) is 6.73. The summed E-state index contributed by atoms with van der Waals surface area (Å²) in [5, 5.41) is 8.60. The summed E-state index contributed by atoms with van der Waals surface area (Å²) in [7, 11) is 0. The first-order valence-corrected chi connectivity index (χ1v) is 4.09. The van der Waals surface area contributed by atoms with E-state index in [1.807, 2.05) is 0 Å². The van der Waals surface area contributed by atoms with Gasteiger partial charge in [-0.2, -0.15) is 13.2 Å². The number of halogens is 3. The van der Waals surface area contributed by atoms with Gasteiger partial charge >= 0.3 is 18.1 Å². The predicted molar refractivity (Wildman–Crippen MR) is 41.8 cm³/mol. The van der Waals surface area contributed by atoms with E-state index in [0.717, 1.165) is 0 Å². The Morgan fingerprint density at radius 3 is 2.33 bits per heavy atom. The number of alkyl halides is 3. The molecule has 0 saturated carbocycles. The van der Waals surface area contributed by atoms with E-state index < -0.39 is 30.1 Å². The fourth-order valence-corrected chi connectivity index (χ4v) is 1.49. The van der Waals surface area contributed by atoms with Crippen molar-refractivity contribution in [1.29, 1.82) is 0 Å². The fraction of sp³-hybridized carbons (Fsp3) is 0.714. The third-order valence-electron chi connectivity index (χ3n) is 2.12. The molecule has 1 aliphatic heterocycles. The van der Waals surface area contributed by atoms with Gasteiger partial charge in [0.2, 0.25) is 0 Å². The minimum Gasteiger partial charge on any atom is -0.480 e. The van der Waals surface area contributed by atoms with Gasteiger partial charge < -0.3 is 15.7 Å². The minimum atomic E-state index is -5.06. The zero-order valence-corrected chi connectivity index (χ0v) is 7.49. The monoisotopic (exact) mass is 226 g/mol. The molecule has 1 amide bonds. The third kappa shape index (κ3) is 2.38. The highest BCUT2D eigenvalue weighted by atomic mass is 19.4. The van der Waals surface area contributed by atoms with Gasteiger partial charge in [0.25, 0.3) is 0 Å². The average molecular weight is 226 g/mol. The van der Waals surface area contributed by atoms with E-state index >= 15 is 0 Å². The van der Waals surface area contributed by atoms with Gasteiger partial charge in [-0.05, 0) is 6.42 Å². The number of hydrogen-bond acceptors (Lipinski definition) is 3. The van der Waals surface area contributed by atoms with Crippen LogP contribution in [-0.2, 0) is 9.59 Å². The number of carboxylic acids is 1. The summed E-state index contributed by atoms with van der Waals surface area (Å²) in [4.78, 5) is 21.6. The van der Waals surface area contributed by atoms with Crippen molar-refractivity contribution in [3.63, 3.8) is 0 Å². The standard InChI is InChI=1S/C7H9F3N2O3/c8-7(9,10)6(15)12-2-3(11)1-4(12)5(13)14/h3-4H,1-2,11H2,(H,13,14)/t3-,4+/m1/s1. The molecule has 0 spiro atoms. The highest BCUT2D eigenvalue weighted by molar-refractivity contribution is 5.87. The quantitative estimate of drug-likeness (QED) is 0.635. The van der Waals surface area contributed by atoms with Crippen LogP contribution in [0.4, 0.5) is 13.2 Å². The number of nitrogens with zero attached hydrogens (tertiary/aromatic N) is 1. The van der Waals surface area contributed by atoms with Gasteiger partial charge in [-0.1, -0.05) is 0 Å². The molecule has 0 aromatic heterocycles. The Morgan fingerprint density at radius 2 is 1.93 bits per heavy atom. The lowest BCUT2D eigenvalue weighted by Gasteiger charge is -2.22. The van der Waals surface area contributed by atoms with Gasteiger partial charge in [0.1, 0.15) is 6.04 Å². The summed E-state index contributed by atoms with van der Waals surface area (Å²) in [5.74, 6) is -3.62. The van der Waals surface area contributed by atoms with E-state index in [4.69, 9.17) is 10.8 Å². The molecule has 0 bridgehead atoms. The molecule has 2 atom stereocenters. The van der Waals surface area contributed by atoms with Gasteiger partial charge in [-0.25, -0.2) is 4.79 Å². The molecule has 86 valence electrons. The summed E-state index contributed by atoms with van der Waals surface area (Å²) < 4.78 is 36.1. The van der Waals surface area contributed by atoms with Crippen LogP contribution in [0, 0.1) is 0 Å². The van der Waals surface area contributed by atoms with Crippen LogP contribution in [0.5, 0.6) is 0 Å². The van der Waals surface area contributed by atoms with Gasteiger partial charge in [-0.3, -0.25) is 4.79 Å². The van der Waals surface area contributed by atoms with Crippen molar-refractivity contribution in [1.82, 2.24) is 4.90 Å². The molecule has 15 heavy (non-hydrogen) atoms. The smallest absolute Gasteiger partial charge is 0.471 e. The fourth-order valence-electron chi connectivity index (χ4n) is 1.49. The van der Waals surface area contributed by atoms with Crippen molar-refractivity contribution in [3.05, 3.63) is 0 Å². The normalized spacial score (nSPS) is 26.8. The Balaban J connectivity index is 2.85. The molecule has 0 unspecified atom stereocenters. The molecule has 1 rings (SSSR count). The number of carbonyl (C=O) groups excluding carboxylic acids is 1. The van der Waals surface area contributed by atoms with Crippen LogP contribution in [0.2, 0.25) is 0 Å². The first kappa shape index (κ1) is 11.8. The zero-order chi connectivity index (χ0) is 11.8.